The molecule has 0 bridgehead atoms. The van der Waals surface area contributed by atoms with Crippen molar-refractivity contribution in [1.29, 1.82) is 0 Å². The number of alkyl halides is 2. The van der Waals surface area contributed by atoms with Gasteiger partial charge in [-0.3, -0.25) is 10.0 Å². The molecule has 0 aliphatic carbocycles. The lowest BCUT2D eigenvalue weighted by atomic mass is 10.2. The Balaban J connectivity index is 0.000000261. The summed E-state index contributed by atoms with van der Waals surface area (Å²) in [6.07, 6.45) is 0.902. The number of nitrogens with one attached hydrogen (secondary N) is 3. The van der Waals surface area contributed by atoms with E-state index in [1.807, 2.05) is 4.72 Å². The zero-order chi connectivity index (χ0) is 36.1. The standard InChI is InChI=1S/C15H16N4O5S.C11H10Cl2F2N4O3S/c1-9-8-10(2)17-14(16-9)18-15(21)19-25(22,23)12-7-5-4-6-11(12)13(20)24-3;1-5-16-19(11(20)18(5)10(14)15)9-4-8(17-23(2,21)22)6(12)3-7(9)13/h4-8H,1-3H3,(H2,16,17,18,19,21);3-4,10,17H,1-2H3. The van der Waals surface area contributed by atoms with Crippen LogP contribution in [0.25, 0.3) is 5.69 Å². The van der Waals surface area contributed by atoms with Gasteiger partial charge in [-0.1, -0.05) is 35.3 Å². The average molecular weight is 752 g/mol. The molecular formula is C26H26Cl2F2N8O8S2. The number of anilines is 2. The molecule has 16 nitrogen and oxygen atoms in total. The van der Waals surface area contributed by atoms with Crippen molar-refractivity contribution < 1.29 is 39.9 Å². The van der Waals surface area contributed by atoms with Gasteiger partial charge in [-0.2, -0.15) is 13.5 Å². The number of amides is 2. The number of hydrogen-bond donors (Lipinski definition) is 3. The Labute approximate surface area is 282 Å². The van der Waals surface area contributed by atoms with Gasteiger partial charge in [-0.25, -0.2) is 50.5 Å². The maximum absolute atomic E-state index is 12.8. The Morgan fingerprint density at radius 2 is 1.56 bits per heavy atom. The van der Waals surface area contributed by atoms with Crippen molar-refractivity contribution in [3.63, 3.8) is 0 Å². The molecule has 2 aromatic heterocycles. The van der Waals surface area contributed by atoms with Crippen molar-refractivity contribution in [3.05, 3.63) is 85.8 Å². The van der Waals surface area contributed by atoms with Crippen molar-refractivity contribution >= 4 is 66.9 Å². The van der Waals surface area contributed by atoms with Crippen molar-refractivity contribution in [1.82, 2.24) is 29.0 Å². The third-order valence-electron chi connectivity index (χ3n) is 5.75. The van der Waals surface area contributed by atoms with Gasteiger partial charge in [0.15, 0.2) is 0 Å². The maximum Gasteiger partial charge on any atom is 0.355 e. The van der Waals surface area contributed by atoms with E-state index in [-0.39, 0.29) is 48.2 Å². The van der Waals surface area contributed by atoms with Crippen LogP contribution in [0.15, 0.2) is 52.2 Å². The minimum Gasteiger partial charge on any atom is -0.465 e. The van der Waals surface area contributed by atoms with Crippen LogP contribution in [0.2, 0.25) is 10.0 Å². The molecule has 4 rings (SSSR count). The summed E-state index contributed by atoms with van der Waals surface area (Å²) in [6.45, 7) is 1.57. The molecule has 48 heavy (non-hydrogen) atoms. The fourth-order valence-electron chi connectivity index (χ4n) is 3.90. The van der Waals surface area contributed by atoms with Gasteiger partial charge in [0.25, 0.3) is 10.0 Å². The topological polar surface area (TPSA) is 213 Å². The first-order chi connectivity index (χ1) is 22.2. The Hall–Kier alpha value is -4.66. The van der Waals surface area contributed by atoms with Crippen LogP contribution in [0.4, 0.5) is 25.2 Å². The number of carbonyl (C=O) groups excluding carboxylic acids is 2. The van der Waals surface area contributed by atoms with Gasteiger partial charge in [-0.05, 0) is 51.1 Å². The van der Waals surface area contributed by atoms with E-state index < -0.39 is 44.3 Å². The first kappa shape index (κ1) is 37.8. The summed E-state index contributed by atoms with van der Waals surface area (Å²) in [4.78, 5) is 43.3. The lowest BCUT2D eigenvalue weighted by Crippen LogP contribution is -2.35. The lowest BCUT2D eigenvalue weighted by Gasteiger charge is -2.11. The van der Waals surface area contributed by atoms with Crippen LogP contribution < -0.4 is 20.5 Å². The number of nitrogens with zero attached hydrogens (tertiary/aromatic N) is 5. The second-order valence-corrected chi connectivity index (χ2v) is 13.8. The number of aromatic nitrogens is 5. The van der Waals surface area contributed by atoms with Gasteiger partial charge in [0.2, 0.25) is 16.0 Å². The van der Waals surface area contributed by atoms with Crippen LogP contribution in [0.1, 0.15) is 34.1 Å². The molecule has 4 aromatic rings. The number of aryl methyl sites for hydroxylation is 3. The van der Waals surface area contributed by atoms with E-state index in [1.165, 1.54) is 37.3 Å². The second kappa shape index (κ2) is 15.0. The Morgan fingerprint density at radius 1 is 0.958 bits per heavy atom. The van der Waals surface area contributed by atoms with E-state index in [9.17, 15) is 40.0 Å². The van der Waals surface area contributed by atoms with E-state index in [1.54, 1.807) is 19.9 Å². The highest BCUT2D eigenvalue weighted by Gasteiger charge is 2.25. The summed E-state index contributed by atoms with van der Waals surface area (Å²) in [5.41, 5.74) is -0.234. The molecule has 2 amide bonds. The molecule has 0 aliphatic heterocycles. The molecule has 0 atom stereocenters. The summed E-state index contributed by atoms with van der Waals surface area (Å²) in [6, 6.07) is 8.34. The fraction of sp³-hybridized carbons (Fsp3) is 0.231. The van der Waals surface area contributed by atoms with Crippen LogP contribution >= 0.6 is 23.2 Å². The number of ether oxygens (including phenoxy) is 1. The molecule has 0 fully saturated rings. The minimum atomic E-state index is -4.30. The molecule has 3 N–H and O–H groups in total. The van der Waals surface area contributed by atoms with Gasteiger partial charge < -0.3 is 4.74 Å². The molecule has 0 unspecified atom stereocenters. The minimum absolute atomic E-state index is 0.0257. The third kappa shape index (κ3) is 9.46. The molecule has 2 heterocycles. The van der Waals surface area contributed by atoms with E-state index in [0.29, 0.717) is 16.1 Å². The fourth-order valence-corrected chi connectivity index (χ4v) is 6.14. The molecule has 0 aliphatic rings. The Morgan fingerprint density at radius 3 is 2.10 bits per heavy atom. The van der Waals surface area contributed by atoms with Crippen LogP contribution in [0, 0.1) is 20.8 Å². The molecule has 0 radical (unpaired) electrons. The quantitative estimate of drug-likeness (QED) is 0.220. The molecule has 0 saturated carbocycles. The van der Waals surface area contributed by atoms with Gasteiger partial charge >= 0.3 is 24.2 Å². The van der Waals surface area contributed by atoms with Crippen LogP contribution in [-0.4, -0.2) is 66.5 Å². The van der Waals surface area contributed by atoms with Crippen molar-refractivity contribution in [2.75, 3.05) is 23.4 Å². The number of halogens is 4. The zero-order valence-corrected chi connectivity index (χ0v) is 28.6. The summed E-state index contributed by atoms with van der Waals surface area (Å²) in [5.74, 6) is -1.10. The zero-order valence-electron chi connectivity index (χ0n) is 25.4. The van der Waals surface area contributed by atoms with E-state index >= 15 is 0 Å². The first-order valence-corrected chi connectivity index (χ1v) is 17.1. The SMILES string of the molecule is COC(=O)c1ccccc1S(=O)(=O)NC(=O)Nc1nc(C)cc(C)n1.Cc1nn(-c2cc(NS(C)(=O)=O)c(Cl)cc2Cl)c(=O)n1C(F)F. The number of esters is 1. The van der Waals surface area contributed by atoms with Crippen LogP contribution in [0.3, 0.4) is 0 Å². The monoisotopic (exact) mass is 750 g/mol. The van der Waals surface area contributed by atoms with Crippen molar-refractivity contribution in [3.8, 4) is 5.69 Å². The molecule has 0 spiro atoms. The summed E-state index contributed by atoms with van der Waals surface area (Å²) in [7, 11) is -6.82. The summed E-state index contributed by atoms with van der Waals surface area (Å²) in [5, 5.41) is 5.87. The first-order valence-electron chi connectivity index (χ1n) is 13.0. The number of hydrogen-bond acceptors (Lipinski definition) is 11. The Kier molecular flexibility index (Phi) is 11.8. The summed E-state index contributed by atoms with van der Waals surface area (Å²) >= 11 is 11.8. The number of sulfonamides is 2. The Bertz CT molecular complexity index is 2140. The second-order valence-electron chi connectivity index (χ2n) is 9.57. The average Bonchev–Trinajstić information content (AvgIpc) is 3.26. The molecule has 258 valence electrons. The third-order valence-corrected chi connectivity index (χ3v) is 8.35. The van der Waals surface area contributed by atoms with Gasteiger partial charge in [0.1, 0.15) is 10.7 Å². The van der Waals surface area contributed by atoms with Crippen molar-refractivity contribution in [2.24, 2.45) is 0 Å². The van der Waals surface area contributed by atoms with E-state index in [0.717, 1.165) is 19.4 Å². The molecule has 22 heteroatoms. The molecular weight excluding hydrogens is 725 g/mol. The number of rotatable bonds is 8. The van der Waals surface area contributed by atoms with Gasteiger partial charge in [0.05, 0.1) is 40.3 Å². The normalized spacial score (nSPS) is 11.4. The highest BCUT2D eigenvalue weighted by atomic mass is 35.5. The number of urea groups is 1. The predicted molar refractivity (Wildman–Crippen MR) is 171 cm³/mol. The molecule has 0 saturated heterocycles. The van der Waals surface area contributed by atoms with Gasteiger partial charge in [-0.15, -0.1) is 5.10 Å². The smallest absolute Gasteiger partial charge is 0.355 e. The number of carbonyl (C=O) groups is 2. The van der Waals surface area contributed by atoms with Crippen LogP contribution in [0.5, 0.6) is 0 Å². The highest BCUT2D eigenvalue weighted by Crippen LogP contribution is 2.31. The highest BCUT2D eigenvalue weighted by molar-refractivity contribution is 7.92. The lowest BCUT2D eigenvalue weighted by molar-refractivity contribution is 0.0595. The van der Waals surface area contributed by atoms with Gasteiger partial charge in [0, 0.05) is 11.4 Å². The largest absolute Gasteiger partial charge is 0.465 e. The van der Waals surface area contributed by atoms with Crippen molar-refractivity contribution in [2.45, 2.75) is 32.2 Å². The van der Waals surface area contributed by atoms with E-state index in [2.05, 4.69) is 29.8 Å². The predicted octanol–water partition coefficient (Wildman–Crippen LogP) is 3.81. The van der Waals surface area contributed by atoms with E-state index in [4.69, 9.17) is 23.2 Å². The van der Waals surface area contributed by atoms with Crippen LogP contribution in [-0.2, 0) is 24.8 Å². The maximum atomic E-state index is 12.8. The molecule has 2 aromatic carbocycles. The number of methoxy groups -OCH3 is 1. The number of benzene rings is 2. The summed E-state index contributed by atoms with van der Waals surface area (Å²) < 4.78 is 82.4.